The van der Waals surface area contributed by atoms with Gasteiger partial charge in [0.25, 0.3) is 0 Å². The third kappa shape index (κ3) is 3.40. The number of amides is 1. The van der Waals surface area contributed by atoms with Gasteiger partial charge < -0.3 is 11.1 Å². The summed E-state index contributed by atoms with van der Waals surface area (Å²) in [6.07, 6.45) is 0.939. The number of carbonyl (C=O) groups is 1. The first kappa shape index (κ1) is 19.4. The van der Waals surface area contributed by atoms with E-state index in [-0.39, 0.29) is 22.4 Å². The van der Waals surface area contributed by atoms with Gasteiger partial charge in [-0.3, -0.25) is 15.6 Å². The molecule has 0 saturated carbocycles. The van der Waals surface area contributed by atoms with Gasteiger partial charge in [-0.1, -0.05) is 27.7 Å². The molecule has 0 unspecified atom stereocenters. The van der Waals surface area contributed by atoms with Crippen LogP contribution in [0.15, 0.2) is 11.2 Å². The molecule has 0 atom stereocenters. The van der Waals surface area contributed by atoms with Gasteiger partial charge >= 0.3 is 0 Å². The minimum atomic E-state index is -0.396. The van der Waals surface area contributed by atoms with Crippen molar-refractivity contribution < 1.29 is 4.79 Å². The van der Waals surface area contributed by atoms with Gasteiger partial charge in [-0.25, -0.2) is 0 Å². The predicted octanol–water partition coefficient (Wildman–Crippen LogP) is 3.14. The molecule has 1 aromatic rings. The maximum absolute atomic E-state index is 11.6. The monoisotopic (exact) mass is 354 g/mol. The fraction of sp³-hybridized carbons (Fsp3) is 0.474. The first-order valence-corrected chi connectivity index (χ1v) is 8.45. The van der Waals surface area contributed by atoms with Gasteiger partial charge in [-0.15, -0.1) is 0 Å². The Morgan fingerprint density at radius 2 is 1.96 bits per heavy atom. The molecule has 2 rings (SSSR count). The third-order valence-electron chi connectivity index (χ3n) is 4.83. The van der Waals surface area contributed by atoms with Gasteiger partial charge in [0.05, 0.1) is 5.69 Å². The molecule has 0 bridgehead atoms. The standard InChI is InChI=1S/C19H26N6O/c1-10-13(23-11(2)26)7-12-15(19(5,6)9-18(12,3)4)16(10)25-24-14(8-20)17(21)22/h7,25H,9H2,1-6H3,(H3,21,22)(H,23,26)/b24-14+. The van der Waals surface area contributed by atoms with Crippen LogP contribution < -0.4 is 16.5 Å². The fourth-order valence-electron chi connectivity index (χ4n) is 4.02. The van der Waals surface area contributed by atoms with Crippen molar-refractivity contribution in [2.75, 3.05) is 10.7 Å². The number of anilines is 2. The lowest BCUT2D eigenvalue weighted by Crippen LogP contribution is -2.23. The van der Waals surface area contributed by atoms with Crippen molar-refractivity contribution >= 4 is 28.8 Å². The Bertz CT molecular complexity index is 858. The average Bonchev–Trinajstić information content (AvgIpc) is 2.66. The first-order valence-electron chi connectivity index (χ1n) is 8.45. The van der Waals surface area contributed by atoms with Gasteiger partial charge in [0.2, 0.25) is 11.6 Å². The molecule has 0 heterocycles. The van der Waals surface area contributed by atoms with Crippen molar-refractivity contribution in [2.24, 2.45) is 10.8 Å². The van der Waals surface area contributed by atoms with Crippen molar-refractivity contribution in [2.45, 2.75) is 58.8 Å². The van der Waals surface area contributed by atoms with E-state index in [1.54, 1.807) is 0 Å². The molecule has 0 saturated heterocycles. The molecular weight excluding hydrogens is 328 g/mol. The second-order valence-corrected chi connectivity index (χ2v) is 8.07. The van der Waals surface area contributed by atoms with Crippen LogP contribution in [0.5, 0.6) is 0 Å². The maximum Gasteiger partial charge on any atom is 0.221 e. The Hall–Kier alpha value is -2.88. The summed E-state index contributed by atoms with van der Waals surface area (Å²) in [5.74, 6) is -0.550. The molecule has 0 fully saturated rings. The largest absolute Gasteiger partial charge is 0.382 e. The lowest BCUT2D eigenvalue weighted by atomic mass is 9.81. The van der Waals surface area contributed by atoms with Gasteiger partial charge in [-0.2, -0.15) is 10.4 Å². The van der Waals surface area contributed by atoms with Gasteiger partial charge in [0.15, 0.2) is 5.84 Å². The number of rotatable bonds is 4. The van der Waals surface area contributed by atoms with Gasteiger partial charge in [0, 0.05) is 12.6 Å². The average molecular weight is 354 g/mol. The zero-order valence-corrected chi connectivity index (χ0v) is 16.2. The van der Waals surface area contributed by atoms with Crippen LogP contribution in [-0.2, 0) is 15.6 Å². The number of nitrogens with two attached hydrogens (primary N) is 1. The summed E-state index contributed by atoms with van der Waals surface area (Å²) in [5, 5.41) is 23.4. The number of amidine groups is 1. The van der Waals surface area contributed by atoms with E-state index in [1.165, 1.54) is 6.92 Å². The van der Waals surface area contributed by atoms with Crippen molar-refractivity contribution in [1.82, 2.24) is 0 Å². The molecule has 5 N–H and O–H groups in total. The van der Waals surface area contributed by atoms with Crippen molar-refractivity contribution in [3.8, 4) is 6.07 Å². The molecule has 1 amide bonds. The number of nitriles is 1. The topological polar surface area (TPSA) is 127 Å². The first-order chi connectivity index (χ1) is 11.9. The lowest BCUT2D eigenvalue weighted by molar-refractivity contribution is -0.114. The summed E-state index contributed by atoms with van der Waals surface area (Å²) in [5.41, 5.74) is 12.5. The summed E-state index contributed by atoms with van der Waals surface area (Å²) in [6.45, 7) is 12.1. The van der Waals surface area contributed by atoms with E-state index < -0.39 is 5.84 Å². The van der Waals surface area contributed by atoms with Gasteiger partial charge in [-0.05, 0) is 46.9 Å². The number of hydrogen-bond acceptors (Lipinski definition) is 5. The van der Waals surface area contributed by atoms with Crippen molar-refractivity contribution in [3.05, 3.63) is 22.8 Å². The summed E-state index contributed by atoms with van der Waals surface area (Å²) < 4.78 is 0. The fourth-order valence-corrected chi connectivity index (χ4v) is 4.02. The summed E-state index contributed by atoms with van der Waals surface area (Å²) in [4.78, 5) is 11.6. The highest BCUT2D eigenvalue weighted by Gasteiger charge is 2.44. The second kappa shape index (κ2) is 6.45. The van der Waals surface area contributed by atoms with E-state index in [0.717, 1.165) is 28.8 Å². The highest BCUT2D eigenvalue weighted by Crippen LogP contribution is 2.54. The molecule has 26 heavy (non-hydrogen) atoms. The minimum Gasteiger partial charge on any atom is -0.382 e. The van der Waals surface area contributed by atoms with E-state index in [0.29, 0.717) is 5.69 Å². The Labute approximate surface area is 154 Å². The van der Waals surface area contributed by atoms with Crippen LogP contribution in [0.2, 0.25) is 0 Å². The molecule has 7 heteroatoms. The van der Waals surface area contributed by atoms with Gasteiger partial charge in [0.1, 0.15) is 6.07 Å². The number of fused-ring (bicyclic) bond motifs is 1. The van der Waals surface area contributed by atoms with Crippen LogP contribution >= 0.6 is 0 Å². The SMILES string of the molecule is CC(=O)Nc1cc2c(c(N/N=C(\C#N)C(=N)N)c1C)C(C)(C)CC2(C)C. The van der Waals surface area contributed by atoms with Crippen LogP contribution in [0.4, 0.5) is 11.4 Å². The number of nitrogens with zero attached hydrogens (tertiary/aromatic N) is 2. The Balaban J connectivity index is 2.73. The third-order valence-corrected chi connectivity index (χ3v) is 4.83. The second-order valence-electron chi connectivity index (χ2n) is 8.07. The molecule has 0 radical (unpaired) electrons. The van der Waals surface area contributed by atoms with E-state index in [9.17, 15) is 4.79 Å². The van der Waals surface area contributed by atoms with Crippen LogP contribution in [0.25, 0.3) is 0 Å². The molecular formula is C19H26N6O. The quantitative estimate of drug-likeness (QED) is 0.376. The molecule has 1 aromatic carbocycles. The Kier molecular flexibility index (Phi) is 4.82. The molecule has 138 valence electrons. The normalized spacial score (nSPS) is 17.2. The predicted molar refractivity (Wildman–Crippen MR) is 105 cm³/mol. The summed E-state index contributed by atoms with van der Waals surface area (Å²) in [7, 11) is 0. The lowest BCUT2D eigenvalue weighted by Gasteiger charge is -2.25. The van der Waals surface area contributed by atoms with Crippen LogP contribution in [0.3, 0.4) is 0 Å². The van der Waals surface area contributed by atoms with E-state index >= 15 is 0 Å². The Morgan fingerprint density at radius 3 is 2.46 bits per heavy atom. The van der Waals surface area contributed by atoms with E-state index in [2.05, 4.69) is 43.5 Å². The van der Waals surface area contributed by atoms with E-state index in [1.807, 2.05) is 19.1 Å². The van der Waals surface area contributed by atoms with Crippen LogP contribution in [0, 0.1) is 23.7 Å². The number of nitrogens with one attached hydrogen (secondary N) is 3. The summed E-state index contributed by atoms with van der Waals surface area (Å²) >= 11 is 0. The highest BCUT2D eigenvalue weighted by molar-refractivity contribution is 6.45. The van der Waals surface area contributed by atoms with Crippen molar-refractivity contribution in [1.29, 1.82) is 10.7 Å². The maximum atomic E-state index is 11.6. The highest BCUT2D eigenvalue weighted by atomic mass is 16.1. The zero-order chi connectivity index (χ0) is 19.9. The van der Waals surface area contributed by atoms with E-state index in [4.69, 9.17) is 16.4 Å². The molecule has 0 spiro atoms. The number of hydrazone groups is 1. The number of carbonyl (C=O) groups excluding carboxylic acids is 1. The minimum absolute atomic E-state index is 0.0709. The number of hydrogen-bond donors (Lipinski definition) is 4. The van der Waals surface area contributed by atoms with Crippen LogP contribution in [0.1, 0.15) is 57.7 Å². The Morgan fingerprint density at radius 1 is 1.35 bits per heavy atom. The molecule has 0 aliphatic heterocycles. The molecule has 7 nitrogen and oxygen atoms in total. The zero-order valence-electron chi connectivity index (χ0n) is 16.2. The molecule has 1 aliphatic carbocycles. The van der Waals surface area contributed by atoms with Crippen molar-refractivity contribution in [3.63, 3.8) is 0 Å². The molecule has 0 aromatic heterocycles. The molecule has 1 aliphatic rings. The van der Waals surface area contributed by atoms with Crippen LogP contribution in [-0.4, -0.2) is 17.5 Å². The summed E-state index contributed by atoms with van der Waals surface area (Å²) in [6, 6.07) is 3.84. The smallest absolute Gasteiger partial charge is 0.221 e. The number of benzene rings is 1.